The molecule has 11 heteroatoms. The first-order chi connectivity index (χ1) is 13.1. The molecular weight excluding hydrogens is 673 g/mol. The Bertz CT molecular complexity index is 881. The van der Waals surface area contributed by atoms with Gasteiger partial charge in [-0.2, -0.15) is 0 Å². The van der Waals surface area contributed by atoms with Gasteiger partial charge in [0.1, 0.15) is 0 Å². The minimum atomic E-state index is -2.98. The van der Waals surface area contributed by atoms with E-state index in [-0.39, 0.29) is 9.99 Å². The predicted octanol–water partition coefficient (Wildman–Crippen LogP) is 2.55. The topological polar surface area (TPSA) is 64.5 Å². The molecule has 5 rings (SSSR count). The van der Waals surface area contributed by atoms with Crippen molar-refractivity contribution >= 4 is 52.0 Å². The summed E-state index contributed by atoms with van der Waals surface area (Å²) in [5, 5.41) is 0. The van der Waals surface area contributed by atoms with Crippen molar-refractivity contribution in [1.29, 1.82) is 0 Å². The summed E-state index contributed by atoms with van der Waals surface area (Å²) >= 11 is 5.31. The average molecular weight is 689 g/mol. The van der Waals surface area contributed by atoms with Gasteiger partial charge in [-0.25, -0.2) is 0 Å². The van der Waals surface area contributed by atoms with E-state index in [1.54, 1.807) is 24.8 Å². The molecule has 3 aliphatic rings. The number of rotatable bonds is 2. The van der Waals surface area contributed by atoms with Crippen molar-refractivity contribution in [1.82, 2.24) is 29.7 Å². The SMILES string of the molecule is [Br][Po]1([Br])[CH2]C2N(C=CN2c2ncccn2)CN2C=CN(c3ncccn3)[CH]21. The maximum atomic E-state index is 4.45. The van der Waals surface area contributed by atoms with Crippen LogP contribution in [0.1, 0.15) is 0 Å². The first-order valence-electron chi connectivity index (χ1n) is 8.31. The van der Waals surface area contributed by atoms with Gasteiger partial charge in [0.15, 0.2) is 0 Å². The van der Waals surface area contributed by atoms with Gasteiger partial charge in [-0.05, 0) is 0 Å². The van der Waals surface area contributed by atoms with Gasteiger partial charge in [-0.1, -0.05) is 0 Å². The summed E-state index contributed by atoms with van der Waals surface area (Å²) in [6.45, 7) is 0.782. The fourth-order valence-corrected chi connectivity index (χ4v) is 22.1. The summed E-state index contributed by atoms with van der Waals surface area (Å²) in [5.41, 5.74) is 0. The van der Waals surface area contributed by atoms with E-state index >= 15 is 0 Å². The molecule has 0 aliphatic carbocycles. The van der Waals surface area contributed by atoms with Crippen molar-refractivity contribution in [2.45, 2.75) is 14.1 Å². The second-order valence-corrected chi connectivity index (χ2v) is 41.9. The van der Waals surface area contributed by atoms with Crippen LogP contribution in [0.3, 0.4) is 0 Å². The Kier molecular flexibility index (Phi) is 4.57. The molecule has 5 heterocycles. The fraction of sp³-hybridized carbons (Fsp3) is 0.250. The van der Waals surface area contributed by atoms with Crippen molar-refractivity contribution in [2.75, 3.05) is 16.5 Å². The third-order valence-electron chi connectivity index (χ3n) is 4.64. The van der Waals surface area contributed by atoms with E-state index in [2.05, 4.69) is 88.6 Å². The van der Waals surface area contributed by atoms with Crippen LogP contribution in [0.2, 0.25) is 4.08 Å². The summed E-state index contributed by atoms with van der Waals surface area (Å²) in [5.74, 6) is 1.45. The fourth-order valence-electron chi connectivity index (χ4n) is 3.47. The zero-order valence-corrected chi connectivity index (χ0v) is 20.4. The van der Waals surface area contributed by atoms with Crippen LogP contribution in [0.25, 0.3) is 0 Å². The van der Waals surface area contributed by atoms with Crippen molar-refractivity contribution < 1.29 is 0 Å². The van der Waals surface area contributed by atoms with Crippen LogP contribution < -0.4 is 9.80 Å². The molecule has 2 atom stereocenters. The molecular formula is C16H16Br2N8Po. The molecule has 0 aromatic carbocycles. The predicted molar refractivity (Wildman–Crippen MR) is 112 cm³/mol. The number of aromatic nitrogens is 4. The monoisotopic (exact) mass is 687 g/mol. The molecule has 2 aromatic rings. The molecule has 140 valence electrons. The Labute approximate surface area is 172 Å². The third kappa shape index (κ3) is 3.14. The molecule has 0 spiro atoms. The zero-order valence-electron chi connectivity index (χ0n) is 14.1. The molecule has 1 fully saturated rings. The van der Waals surface area contributed by atoms with Gasteiger partial charge in [0.2, 0.25) is 0 Å². The van der Waals surface area contributed by atoms with E-state index in [0.29, 0.717) is 0 Å². The van der Waals surface area contributed by atoms with Crippen molar-refractivity contribution in [3.05, 3.63) is 61.7 Å². The normalized spacial score (nSPS) is 26.7. The molecule has 0 amide bonds. The number of hydrogen-bond donors (Lipinski definition) is 0. The van der Waals surface area contributed by atoms with Gasteiger partial charge < -0.3 is 0 Å². The number of fused-ring (bicyclic) bond motifs is 2. The molecule has 1 saturated heterocycles. The summed E-state index contributed by atoms with van der Waals surface area (Å²) in [6, 6.07) is 3.68. The Morgan fingerprint density at radius 3 is 2.00 bits per heavy atom. The molecule has 0 N–H and O–H groups in total. The molecule has 0 radical (unpaired) electrons. The Hall–Kier alpha value is -1.30. The van der Waals surface area contributed by atoms with Crippen LogP contribution in [0, 0.1) is 0 Å². The quantitative estimate of drug-likeness (QED) is 0.478. The maximum absolute atomic E-state index is 4.45. The average Bonchev–Trinajstić information content (AvgIpc) is 3.26. The van der Waals surface area contributed by atoms with Gasteiger partial charge in [0, 0.05) is 0 Å². The van der Waals surface area contributed by atoms with E-state index in [1.165, 1.54) is 0 Å². The van der Waals surface area contributed by atoms with E-state index in [0.717, 1.165) is 22.6 Å². The van der Waals surface area contributed by atoms with Crippen LogP contribution in [0.4, 0.5) is 11.9 Å². The molecule has 2 unspecified atom stereocenters. The summed E-state index contributed by atoms with van der Waals surface area (Å²) < 4.78 is 1.18. The van der Waals surface area contributed by atoms with Gasteiger partial charge in [-0.3, -0.25) is 0 Å². The number of anilines is 2. The first-order valence-corrected chi connectivity index (χ1v) is 26.2. The van der Waals surface area contributed by atoms with E-state index in [9.17, 15) is 0 Å². The van der Waals surface area contributed by atoms with E-state index in [1.807, 2.05) is 12.1 Å². The van der Waals surface area contributed by atoms with Crippen LogP contribution in [-0.4, -0.2) is 62.2 Å². The Morgan fingerprint density at radius 2 is 1.33 bits per heavy atom. The molecule has 2 aromatic heterocycles. The molecule has 0 saturated carbocycles. The van der Waals surface area contributed by atoms with Gasteiger partial charge >= 0.3 is 174 Å². The summed E-state index contributed by atoms with van der Waals surface area (Å²) in [4.78, 5) is 26.8. The van der Waals surface area contributed by atoms with Gasteiger partial charge in [-0.15, -0.1) is 0 Å². The minimum absolute atomic E-state index is 0.179. The van der Waals surface area contributed by atoms with Crippen molar-refractivity contribution in [3.8, 4) is 0 Å². The Morgan fingerprint density at radius 1 is 0.778 bits per heavy atom. The number of hydrogen-bond acceptors (Lipinski definition) is 8. The summed E-state index contributed by atoms with van der Waals surface area (Å²) in [7, 11) is 0. The molecule has 8 nitrogen and oxygen atoms in total. The second-order valence-electron chi connectivity index (χ2n) is 6.27. The number of halogens is 2. The van der Waals surface area contributed by atoms with E-state index < -0.39 is 15.8 Å². The standard InChI is InChI=1S/C16H16N8.2BrH.Po/c1-14-22(10-11-24(14)16-19-6-3-7-20-16)12-21-8-9-23(13-21)15-17-4-2-5-18-15;;;/h2-11,13-14H,1,12H2;2*1H;/q;;;+2/p-2. The van der Waals surface area contributed by atoms with Crippen molar-refractivity contribution in [2.24, 2.45) is 0 Å². The molecule has 27 heavy (non-hydrogen) atoms. The first kappa shape index (κ1) is 17.8. The van der Waals surface area contributed by atoms with Crippen LogP contribution in [-0.2, 0) is 0 Å². The second kappa shape index (κ2) is 6.94. The summed E-state index contributed by atoms with van der Waals surface area (Å²) in [6.07, 6.45) is 15.7. The van der Waals surface area contributed by atoms with Crippen LogP contribution >= 0.6 is 24.3 Å². The Balaban J connectivity index is 1.48. The van der Waals surface area contributed by atoms with Crippen LogP contribution in [0.5, 0.6) is 0 Å². The molecule has 3 aliphatic heterocycles. The van der Waals surface area contributed by atoms with Crippen molar-refractivity contribution in [3.63, 3.8) is 0 Å². The third-order valence-corrected chi connectivity index (χ3v) is 22.4. The van der Waals surface area contributed by atoms with Crippen LogP contribution in [0.15, 0.2) is 61.7 Å². The van der Waals surface area contributed by atoms with Gasteiger partial charge in [0.05, 0.1) is 0 Å². The van der Waals surface area contributed by atoms with Gasteiger partial charge in [0.25, 0.3) is 0 Å². The molecule has 0 bridgehead atoms. The zero-order chi connectivity index (χ0) is 18.4. The number of nitrogens with zero attached hydrogens (tertiary/aromatic N) is 8. The van der Waals surface area contributed by atoms with E-state index in [4.69, 9.17) is 0 Å².